The summed E-state index contributed by atoms with van der Waals surface area (Å²) in [6.07, 6.45) is 11.9. The predicted molar refractivity (Wildman–Crippen MR) is 63.1 cm³/mol. The van der Waals surface area contributed by atoms with Gasteiger partial charge in [-0.15, -0.1) is 0 Å². The Morgan fingerprint density at radius 3 is 2.31 bits per heavy atom. The summed E-state index contributed by atoms with van der Waals surface area (Å²) in [6, 6.07) is 0. The zero-order chi connectivity index (χ0) is 8.36. The van der Waals surface area contributed by atoms with Crippen LogP contribution in [0.25, 0.3) is 0 Å². The van der Waals surface area contributed by atoms with E-state index in [4.69, 9.17) is 4.74 Å². The van der Waals surface area contributed by atoms with Crippen LogP contribution in [0.2, 0.25) is 0 Å². The fraction of sp³-hybridized carbons (Fsp3) is 0.667. The molecule has 0 radical (unpaired) electrons. The van der Waals surface area contributed by atoms with Crippen LogP contribution in [0, 0.1) is 0 Å². The molecule has 0 saturated carbocycles. The van der Waals surface area contributed by atoms with Crippen LogP contribution in [-0.2, 0) is 4.74 Å². The van der Waals surface area contributed by atoms with Gasteiger partial charge in [-0.05, 0) is 26.2 Å². The third kappa shape index (κ3) is 18.4. The topological polar surface area (TPSA) is 9.23 Å². The van der Waals surface area contributed by atoms with Crippen LogP contribution in [0.1, 0.15) is 41.0 Å². The molecular formula is C12H26O. The van der Waals surface area contributed by atoms with Crippen LogP contribution in [0.3, 0.4) is 0 Å². The van der Waals surface area contributed by atoms with E-state index in [-0.39, 0.29) is 14.9 Å². The molecule has 80 valence electrons. The second-order valence-corrected chi connectivity index (χ2v) is 2.41. The molecule has 0 rings (SSSR count). The van der Waals surface area contributed by atoms with Crippen molar-refractivity contribution in [2.24, 2.45) is 0 Å². The summed E-state index contributed by atoms with van der Waals surface area (Å²) in [7, 11) is 1.74. The van der Waals surface area contributed by atoms with Gasteiger partial charge in [-0.3, -0.25) is 0 Å². The Morgan fingerprint density at radius 1 is 1.08 bits per heavy atom. The minimum atomic E-state index is 0. The Morgan fingerprint density at radius 2 is 1.77 bits per heavy atom. The lowest BCUT2D eigenvalue weighted by atomic mass is 10.2. The van der Waals surface area contributed by atoms with Crippen molar-refractivity contribution in [2.45, 2.75) is 41.0 Å². The highest BCUT2D eigenvalue weighted by molar-refractivity contribution is 4.91. The van der Waals surface area contributed by atoms with E-state index < -0.39 is 0 Å². The van der Waals surface area contributed by atoms with E-state index in [9.17, 15) is 0 Å². The highest BCUT2D eigenvalue weighted by atomic mass is 16.5. The summed E-state index contributed by atoms with van der Waals surface area (Å²) in [5.41, 5.74) is 0. The maximum atomic E-state index is 4.92. The Kier molecular flexibility index (Phi) is 24.6. The number of unbranched alkanes of at least 4 members (excludes halogenated alkanes) is 1. The highest BCUT2D eigenvalue weighted by Gasteiger charge is 1.79. The van der Waals surface area contributed by atoms with Crippen LogP contribution in [0.5, 0.6) is 0 Å². The molecule has 0 unspecified atom stereocenters. The molecule has 1 heteroatoms. The van der Waals surface area contributed by atoms with Gasteiger partial charge in [-0.1, -0.05) is 39.2 Å². The highest BCUT2D eigenvalue weighted by Crippen LogP contribution is 1.93. The van der Waals surface area contributed by atoms with Crippen LogP contribution in [0.4, 0.5) is 0 Å². The molecule has 0 spiro atoms. The van der Waals surface area contributed by atoms with Gasteiger partial charge in [0.2, 0.25) is 0 Å². The largest absolute Gasteiger partial charge is 0.385 e. The third-order valence-electron chi connectivity index (χ3n) is 1.39. The number of rotatable bonds is 6. The normalized spacial score (nSPS) is 10.0. The van der Waals surface area contributed by atoms with Crippen LogP contribution in [0.15, 0.2) is 24.3 Å². The van der Waals surface area contributed by atoms with Gasteiger partial charge < -0.3 is 4.74 Å². The van der Waals surface area contributed by atoms with Crippen molar-refractivity contribution in [2.75, 3.05) is 13.7 Å². The van der Waals surface area contributed by atoms with Crippen molar-refractivity contribution in [3.8, 4) is 0 Å². The average Bonchev–Trinajstić information content (AvgIpc) is 2.03. The molecule has 0 aromatic rings. The lowest BCUT2D eigenvalue weighted by Crippen LogP contribution is -1.85. The second kappa shape index (κ2) is 17.5. The van der Waals surface area contributed by atoms with Gasteiger partial charge in [0.1, 0.15) is 0 Å². The van der Waals surface area contributed by atoms with Gasteiger partial charge in [0.15, 0.2) is 0 Å². The van der Waals surface area contributed by atoms with Crippen molar-refractivity contribution in [1.29, 1.82) is 0 Å². The SMILES string of the molecule is C.C.CC=CCC=CCCCOC. The smallest absolute Gasteiger partial charge is 0.0465 e. The van der Waals surface area contributed by atoms with Gasteiger partial charge in [0.25, 0.3) is 0 Å². The van der Waals surface area contributed by atoms with Crippen LogP contribution in [-0.4, -0.2) is 13.7 Å². The van der Waals surface area contributed by atoms with E-state index in [2.05, 4.69) is 24.3 Å². The molecule has 0 bridgehead atoms. The summed E-state index contributed by atoms with van der Waals surface area (Å²) >= 11 is 0. The predicted octanol–water partition coefficient (Wildman–Crippen LogP) is 4.21. The molecule has 0 aliphatic heterocycles. The molecule has 0 amide bonds. The number of allylic oxidation sites excluding steroid dienone is 4. The molecule has 0 atom stereocenters. The van der Waals surface area contributed by atoms with E-state index in [0.717, 1.165) is 25.9 Å². The van der Waals surface area contributed by atoms with E-state index in [1.807, 2.05) is 6.92 Å². The number of hydrogen-bond acceptors (Lipinski definition) is 1. The summed E-state index contributed by atoms with van der Waals surface area (Å²) in [6.45, 7) is 2.91. The van der Waals surface area contributed by atoms with Crippen molar-refractivity contribution < 1.29 is 4.74 Å². The lowest BCUT2D eigenvalue weighted by molar-refractivity contribution is 0.196. The van der Waals surface area contributed by atoms with Crippen LogP contribution >= 0.6 is 0 Å². The molecule has 0 heterocycles. The van der Waals surface area contributed by atoms with Gasteiger partial charge in [0.05, 0.1) is 0 Å². The summed E-state index contributed by atoms with van der Waals surface area (Å²) in [5.74, 6) is 0. The van der Waals surface area contributed by atoms with E-state index in [1.54, 1.807) is 7.11 Å². The molecule has 0 aliphatic carbocycles. The first-order valence-corrected chi connectivity index (χ1v) is 4.17. The first kappa shape index (κ1) is 18.3. The van der Waals surface area contributed by atoms with Crippen LogP contribution < -0.4 is 0 Å². The molecule has 0 aliphatic rings. The second-order valence-electron chi connectivity index (χ2n) is 2.41. The van der Waals surface area contributed by atoms with Crippen molar-refractivity contribution in [3.63, 3.8) is 0 Å². The van der Waals surface area contributed by atoms with Crippen molar-refractivity contribution in [3.05, 3.63) is 24.3 Å². The Balaban J connectivity index is -0.000000500. The fourth-order valence-corrected chi connectivity index (χ4v) is 0.774. The standard InChI is InChI=1S/C10H18O.2CH4/c1-3-4-5-6-7-8-9-10-11-2;;/h3-4,6-7H,5,8-10H2,1-2H3;2*1H4. The minimum Gasteiger partial charge on any atom is -0.385 e. The monoisotopic (exact) mass is 186 g/mol. The van der Waals surface area contributed by atoms with Gasteiger partial charge in [-0.25, -0.2) is 0 Å². The van der Waals surface area contributed by atoms with Gasteiger partial charge in [0, 0.05) is 13.7 Å². The Labute approximate surface area is 84.5 Å². The summed E-state index contributed by atoms with van der Waals surface area (Å²) < 4.78 is 4.92. The molecule has 0 saturated heterocycles. The number of hydrogen-bond donors (Lipinski definition) is 0. The molecular weight excluding hydrogens is 160 g/mol. The maximum Gasteiger partial charge on any atom is 0.0465 e. The zero-order valence-corrected chi connectivity index (χ0v) is 7.55. The summed E-state index contributed by atoms with van der Waals surface area (Å²) in [4.78, 5) is 0. The van der Waals surface area contributed by atoms with Crippen molar-refractivity contribution in [1.82, 2.24) is 0 Å². The quantitative estimate of drug-likeness (QED) is 0.446. The molecule has 13 heavy (non-hydrogen) atoms. The molecule has 0 N–H and O–H groups in total. The minimum absolute atomic E-state index is 0. The first-order valence-electron chi connectivity index (χ1n) is 4.17. The Bertz CT molecular complexity index is 114. The van der Waals surface area contributed by atoms with Gasteiger partial charge in [-0.2, -0.15) is 0 Å². The van der Waals surface area contributed by atoms with Crippen molar-refractivity contribution >= 4 is 0 Å². The first-order chi connectivity index (χ1) is 5.41. The maximum absolute atomic E-state index is 4.92. The van der Waals surface area contributed by atoms with E-state index >= 15 is 0 Å². The van der Waals surface area contributed by atoms with E-state index in [0.29, 0.717) is 0 Å². The average molecular weight is 186 g/mol. The number of ether oxygens (including phenoxy) is 1. The molecule has 0 aromatic heterocycles. The fourth-order valence-electron chi connectivity index (χ4n) is 0.774. The Hall–Kier alpha value is -0.560. The molecule has 1 nitrogen and oxygen atoms in total. The lowest BCUT2D eigenvalue weighted by Gasteiger charge is -1.92. The molecule has 0 aromatic carbocycles. The van der Waals surface area contributed by atoms with Gasteiger partial charge >= 0.3 is 0 Å². The zero-order valence-electron chi connectivity index (χ0n) is 7.55. The summed E-state index contributed by atoms with van der Waals surface area (Å²) in [5, 5.41) is 0. The number of methoxy groups -OCH3 is 1. The van der Waals surface area contributed by atoms with E-state index in [1.165, 1.54) is 0 Å². The molecule has 0 fully saturated rings. The third-order valence-corrected chi connectivity index (χ3v) is 1.39.